The molecular weight excluding hydrogens is 294 g/mol. The summed E-state index contributed by atoms with van der Waals surface area (Å²) < 4.78 is 1.83. The van der Waals surface area contributed by atoms with Gasteiger partial charge in [-0.1, -0.05) is 30.8 Å². The molecule has 0 unspecified atom stereocenters. The third kappa shape index (κ3) is 2.12. The van der Waals surface area contributed by atoms with Crippen molar-refractivity contribution in [3.63, 3.8) is 0 Å². The van der Waals surface area contributed by atoms with E-state index in [0.717, 1.165) is 33.0 Å². The van der Waals surface area contributed by atoms with E-state index in [4.69, 9.17) is 9.97 Å². The van der Waals surface area contributed by atoms with Gasteiger partial charge in [-0.25, -0.2) is 9.97 Å². The van der Waals surface area contributed by atoms with Crippen LogP contribution in [0.25, 0.3) is 27.9 Å². The Morgan fingerprint density at radius 2 is 2.00 bits per heavy atom. The first kappa shape index (κ1) is 13.2. The third-order valence-electron chi connectivity index (χ3n) is 3.34. The second-order valence-corrected chi connectivity index (χ2v) is 5.99. The molecule has 0 bridgehead atoms. The minimum Gasteiger partial charge on any atom is -0.264 e. The lowest BCUT2D eigenvalue weighted by Crippen LogP contribution is -1.98. The minimum atomic E-state index is 0.671. The molecule has 108 valence electrons. The van der Waals surface area contributed by atoms with Crippen molar-refractivity contribution in [3.05, 3.63) is 48.8 Å². The number of rotatable bonds is 3. The molecular formula is C16H13N5S. The van der Waals surface area contributed by atoms with Gasteiger partial charge in [-0.05, 0) is 30.0 Å². The molecule has 0 fully saturated rings. The Labute approximate surface area is 131 Å². The highest BCUT2D eigenvalue weighted by atomic mass is 32.2. The Morgan fingerprint density at radius 3 is 2.82 bits per heavy atom. The third-order valence-corrected chi connectivity index (χ3v) is 4.15. The van der Waals surface area contributed by atoms with Gasteiger partial charge in [0, 0.05) is 23.3 Å². The first-order valence-corrected chi connectivity index (χ1v) is 8.04. The molecule has 6 heteroatoms. The van der Waals surface area contributed by atoms with Crippen LogP contribution < -0.4 is 0 Å². The summed E-state index contributed by atoms with van der Waals surface area (Å²) in [4.78, 5) is 13.6. The molecule has 0 spiro atoms. The molecule has 0 atom stereocenters. The van der Waals surface area contributed by atoms with Crippen LogP contribution in [0.1, 0.15) is 6.92 Å². The van der Waals surface area contributed by atoms with Gasteiger partial charge in [-0.2, -0.15) is 4.52 Å². The van der Waals surface area contributed by atoms with E-state index in [0.29, 0.717) is 5.82 Å². The smallest absolute Gasteiger partial charge is 0.191 e. The largest absolute Gasteiger partial charge is 0.264 e. The second-order valence-electron chi connectivity index (χ2n) is 4.76. The lowest BCUT2D eigenvalue weighted by atomic mass is 10.2. The van der Waals surface area contributed by atoms with Gasteiger partial charge in [0.1, 0.15) is 0 Å². The fourth-order valence-corrected chi connectivity index (χ4v) is 3.04. The summed E-state index contributed by atoms with van der Waals surface area (Å²) in [6, 6.07) is 11.9. The number of benzene rings is 1. The van der Waals surface area contributed by atoms with Crippen LogP contribution in [0.3, 0.4) is 0 Å². The molecule has 0 aliphatic carbocycles. The zero-order chi connectivity index (χ0) is 14.9. The van der Waals surface area contributed by atoms with Crippen LogP contribution in [0, 0.1) is 0 Å². The van der Waals surface area contributed by atoms with Crippen molar-refractivity contribution >= 4 is 28.3 Å². The molecule has 1 aromatic carbocycles. The molecule has 0 N–H and O–H groups in total. The van der Waals surface area contributed by atoms with Crippen molar-refractivity contribution in [2.75, 3.05) is 5.75 Å². The minimum absolute atomic E-state index is 0.671. The van der Waals surface area contributed by atoms with Gasteiger partial charge in [0.05, 0.1) is 5.52 Å². The molecule has 3 heterocycles. The maximum atomic E-state index is 4.71. The lowest BCUT2D eigenvalue weighted by Gasteiger charge is -2.04. The Hall–Kier alpha value is -2.47. The molecule has 0 aliphatic rings. The summed E-state index contributed by atoms with van der Waals surface area (Å²) in [5.74, 6) is 1.60. The number of aromatic nitrogens is 5. The van der Waals surface area contributed by atoms with Crippen molar-refractivity contribution in [1.82, 2.24) is 24.6 Å². The maximum absolute atomic E-state index is 4.71. The molecule has 22 heavy (non-hydrogen) atoms. The van der Waals surface area contributed by atoms with Crippen LogP contribution in [-0.4, -0.2) is 30.3 Å². The highest BCUT2D eigenvalue weighted by Gasteiger charge is 2.14. The van der Waals surface area contributed by atoms with E-state index in [-0.39, 0.29) is 0 Å². The van der Waals surface area contributed by atoms with Crippen LogP contribution in [0.5, 0.6) is 0 Å². The van der Waals surface area contributed by atoms with Gasteiger partial charge >= 0.3 is 0 Å². The highest BCUT2D eigenvalue weighted by Crippen LogP contribution is 2.25. The van der Waals surface area contributed by atoms with Crippen LogP contribution in [0.2, 0.25) is 0 Å². The number of thioether (sulfide) groups is 1. The Balaban J connectivity index is 2.04. The van der Waals surface area contributed by atoms with E-state index < -0.39 is 0 Å². The van der Waals surface area contributed by atoms with Gasteiger partial charge < -0.3 is 0 Å². The van der Waals surface area contributed by atoms with Crippen molar-refractivity contribution in [2.45, 2.75) is 12.1 Å². The number of hydrogen-bond donors (Lipinski definition) is 0. The molecule has 0 saturated carbocycles. The predicted octanol–water partition coefficient (Wildman–Crippen LogP) is 3.45. The molecule has 4 rings (SSSR count). The molecule has 4 aromatic rings. The zero-order valence-electron chi connectivity index (χ0n) is 12.0. The van der Waals surface area contributed by atoms with E-state index in [1.807, 2.05) is 40.9 Å². The molecule has 0 radical (unpaired) electrons. The normalized spacial score (nSPS) is 11.3. The predicted molar refractivity (Wildman–Crippen MR) is 87.9 cm³/mol. The summed E-state index contributed by atoms with van der Waals surface area (Å²) in [7, 11) is 0. The monoisotopic (exact) mass is 307 g/mol. The van der Waals surface area contributed by atoms with Gasteiger partial charge in [0.15, 0.2) is 16.6 Å². The topological polar surface area (TPSA) is 56.0 Å². The van der Waals surface area contributed by atoms with Crippen LogP contribution in [0.4, 0.5) is 0 Å². The number of para-hydroxylation sites is 1. The fourth-order valence-electron chi connectivity index (χ4n) is 2.37. The standard InChI is InChI=1S/C16H13N5S/c1-2-22-16-18-13-8-4-3-7-12(13)15-19-14(20-21(15)16)11-6-5-9-17-10-11/h3-10H,2H2,1H3. The van der Waals surface area contributed by atoms with Gasteiger partial charge in [-0.15, -0.1) is 5.10 Å². The zero-order valence-corrected chi connectivity index (χ0v) is 12.8. The lowest BCUT2D eigenvalue weighted by molar-refractivity contribution is 0.812. The fraction of sp³-hybridized carbons (Fsp3) is 0.125. The molecule has 0 aliphatic heterocycles. The SMILES string of the molecule is CCSc1nc2ccccc2c2nc(-c3cccnc3)nn12. The van der Waals surface area contributed by atoms with Crippen LogP contribution in [-0.2, 0) is 0 Å². The van der Waals surface area contributed by atoms with E-state index in [1.54, 1.807) is 24.2 Å². The summed E-state index contributed by atoms with van der Waals surface area (Å²) in [6.45, 7) is 2.10. The molecule has 5 nitrogen and oxygen atoms in total. The summed E-state index contributed by atoms with van der Waals surface area (Å²) in [5, 5.41) is 6.50. The van der Waals surface area contributed by atoms with Crippen molar-refractivity contribution in [2.24, 2.45) is 0 Å². The van der Waals surface area contributed by atoms with Crippen LogP contribution in [0.15, 0.2) is 53.9 Å². The Kier molecular flexibility index (Phi) is 3.23. The van der Waals surface area contributed by atoms with Crippen molar-refractivity contribution in [3.8, 4) is 11.4 Å². The molecule has 0 saturated heterocycles. The molecule has 0 amide bonds. The van der Waals surface area contributed by atoms with E-state index in [9.17, 15) is 0 Å². The average Bonchev–Trinajstić information content (AvgIpc) is 3.02. The van der Waals surface area contributed by atoms with E-state index in [1.165, 1.54) is 0 Å². The summed E-state index contributed by atoms with van der Waals surface area (Å²) in [6.07, 6.45) is 3.52. The quantitative estimate of drug-likeness (QED) is 0.428. The maximum Gasteiger partial charge on any atom is 0.191 e. The number of nitrogens with zero attached hydrogens (tertiary/aromatic N) is 5. The van der Waals surface area contributed by atoms with Crippen LogP contribution >= 0.6 is 11.8 Å². The Morgan fingerprint density at radius 1 is 1.09 bits per heavy atom. The molecule has 3 aromatic heterocycles. The van der Waals surface area contributed by atoms with E-state index in [2.05, 4.69) is 17.0 Å². The average molecular weight is 307 g/mol. The number of hydrogen-bond acceptors (Lipinski definition) is 5. The van der Waals surface area contributed by atoms with E-state index >= 15 is 0 Å². The summed E-state index contributed by atoms with van der Waals surface area (Å²) >= 11 is 1.66. The first-order valence-electron chi connectivity index (χ1n) is 7.05. The first-order chi connectivity index (χ1) is 10.9. The number of fused-ring (bicyclic) bond motifs is 3. The highest BCUT2D eigenvalue weighted by molar-refractivity contribution is 7.99. The second kappa shape index (κ2) is 5.38. The van der Waals surface area contributed by atoms with Crippen molar-refractivity contribution < 1.29 is 0 Å². The van der Waals surface area contributed by atoms with Gasteiger partial charge in [-0.3, -0.25) is 4.98 Å². The summed E-state index contributed by atoms with van der Waals surface area (Å²) in [5.41, 5.74) is 2.68. The number of pyridine rings is 1. The van der Waals surface area contributed by atoms with Crippen molar-refractivity contribution in [1.29, 1.82) is 0 Å². The van der Waals surface area contributed by atoms with Gasteiger partial charge in [0.25, 0.3) is 0 Å². The van der Waals surface area contributed by atoms with Gasteiger partial charge in [0.2, 0.25) is 0 Å². The Bertz CT molecular complexity index is 949.